The van der Waals surface area contributed by atoms with Gasteiger partial charge in [-0.15, -0.1) is 0 Å². The third-order valence-electron chi connectivity index (χ3n) is 4.41. The molecule has 0 saturated heterocycles. The van der Waals surface area contributed by atoms with Crippen LogP contribution in [0, 0.1) is 0 Å². The molecule has 4 nitrogen and oxygen atoms in total. The number of halogens is 1. The Balaban J connectivity index is 2.33. The molecule has 0 amide bonds. The Hall–Kier alpha value is -1.10. The molecule has 0 aromatic rings. The number of hydrogen-bond acceptors (Lipinski definition) is 4. The summed E-state index contributed by atoms with van der Waals surface area (Å²) in [5.41, 5.74) is 0.998. The Bertz CT molecular complexity index is 508. The monoisotopic (exact) mass is 428 g/mol. The van der Waals surface area contributed by atoms with Crippen LogP contribution in [-0.4, -0.2) is 17.3 Å². The zero-order chi connectivity index (χ0) is 19.2. The molecule has 0 heterocycles. The van der Waals surface area contributed by atoms with Crippen molar-refractivity contribution in [2.75, 3.05) is 5.33 Å². The Labute approximate surface area is 166 Å². The second-order valence-electron chi connectivity index (χ2n) is 6.87. The molecule has 26 heavy (non-hydrogen) atoms. The molecule has 1 rings (SSSR count). The van der Waals surface area contributed by atoms with Gasteiger partial charge >= 0.3 is 11.9 Å². The van der Waals surface area contributed by atoms with Gasteiger partial charge in [0.05, 0.1) is 0 Å². The molecule has 0 unspecified atom stereocenters. The lowest BCUT2D eigenvalue weighted by atomic mass is 9.97. The fraction of sp³-hybridized carbons (Fsp3) is 0.714. The van der Waals surface area contributed by atoms with Crippen molar-refractivity contribution in [3.8, 4) is 0 Å². The quantitative estimate of drug-likeness (QED) is 0.195. The molecule has 0 bridgehead atoms. The van der Waals surface area contributed by atoms with Gasteiger partial charge in [0.2, 0.25) is 0 Å². The molecule has 1 aliphatic carbocycles. The highest BCUT2D eigenvalue weighted by Crippen LogP contribution is 2.29. The van der Waals surface area contributed by atoms with Crippen LogP contribution in [0.15, 0.2) is 23.2 Å². The van der Waals surface area contributed by atoms with Crippen LogP contribution in [0.1, 0.15) is 90.9 Å². The lowest BCUT2D eigenvalue weighted by Gasteiger charge is -2.19. The highest BCUT2D eigenvalue weighted by molar-refractivity contribution is 9.09. The molecule has 1 aliphatic rings. The maximum Gasteiger partial charge on any atom is 0.307 e. The van der Waals surface area contributed by atoms with Crippen LogP contribution < -0.4 is 0 Å². The van der Waals surface area contributed by atoms with Crippen molar-refractivity contribution in [1.29, 1.82) is 0 Å². The average Bonchev–Trinajstić information content (AvgIpc) is 2.57. The fourth-order valence-corrected chi connectivity index (χ4v) is 3.55. The molecular weight excluding hydrogens is 396 g/mol. The van der Waals surface area contributed by atoms with Crippen LogP contribution in [0.25, 0.3) is 0 Å². The molecule has 0 aliphatic heterocycles. The topological polar surface area (TPSA) is 52.6 Å². The second kappa shape index (κ2) is 14.0. The van der Waals surface area contributed by atoms with E-state index in [4.69, 9.17) is 9.47 Å². The van der Waals surface area contributed by atoms with Gasteiger partial charge in [0.25, 0.3) is 0 Å². The first-order valence-corrected chi connectivity index (χ1v) is 11.0. The van der Waals surface area contributed by atoms with E-state index in [1.807, 2.05) is 6.08 Å². The van der Waals surface area contributed by atoms with Crippen molar-refractivity contribution in [2.45, 2.75) is 90.9 Å². The minimum Gasteiger partial charge on any atom is -0.431 e. The van der Waals surface area contributed by atoms with Crippen LogP contribution in [0.5, 0.6) is 0 Å². The van der Waals surface area contributed by atoms with Crippen molar-refractivity contribution in [2.24, 2.45) is 0 Å². The third kappa shape index (κ3) is 10.8. The number of rotatable bonds is 13. The zero-order valence-corrected chi connectivity index (χ0v) is 17.9. The van der Waals surface area contributed by atoms with E-state index in [9.17, 15) is 9.59 Å². The summed E-state index contributed by atoms with van der Waals surface area (Å²) in [5.74, 6) is 0.816. The van der Waals surface area contributed by atoms with E-state index in [2.05, 4.69) is 15.9 Å². The van der Waals surface area contributed by atoms with E-state index in [0.29, 0.717) is 18.6 Å². The van der Waals surface area contributed by atoms with Gasteiger partial charge in [-0.3, -0.25) is 9.59 Å². The molecule has 0 saturated carbocycles. The summed E-state index contributed by atoms with van der Waals surface area (Å²) in [6.07, 6.45) is 15.3. The first-order valence-electron chi connectivity index (χ1n) is 9.88. The minimum absolute atomic E-state index is 0.290. The van der Waals surface area contributed by atoms with Gasteiger partial charge in [-0.2, -0.15) is 0 Å². The van der Waals surface area contributed by atoms with Crippen molar-refractivity contribution in [3.63, 3.8) is 0 Å². The van der Waals surface area contributed by atoms with Crippen LogP contribution >= 0.6 is 15.9 Å². The molecule has 0 radical (unpaired) electrons. The van der Waals surface area contributed by atoms with Crippen LogP contribution in [0.2, 0.25) is 0 Å². The lowest BCUT2D eigenvalue weighted by Crippen LogP contribution is -2.09. The van der Waals surface area contributed by atoms with Gasteiger partial charge in [0, 0.05) is 32.0 Å². The zero-order valence-electron chi connectivity index (χ0n) is 16.3. The second-order valence-corrected chi connectivity index (χ2v) is 7.66. The summed E-state index contributed by atoms with van der Waals surface area (Å²) in [6, 6.07) is 0. The first kappa shape index (κ1) is 22.9. The summed E-state index contributed by atoms with van der Waals surface area (Å²) in [5, 5.41) is 1.12. The van der Waals surface area contributed by atoms with E-state index in [0.717, 1.165) is 29.5 Å². The number of alkyl halides is 1. The number of carbonyl (C=O) groups excluding carboxylic acids is 2. The van der Waals surface area contributed by atoms with Gasteiger partial charge < -0.3 is 9.47 Å². The Morgan fingerprint density at radius 2 is 1.38 bits per heavy atom. The molecular formula is C21H33BrO4. The number of carbonyl (C=O) groups is 2. The maximum absolute atomic E-state index is 11.3. The van der Waals surface area contributed by atoms with Gasteiger partial charge in [-0.1, -0.05) is 60.9 Å². The molecule has 0 aromatic carbocycles. The van der Waals surface area contributed by atoms with E-state index in [1.165, 1.54) is 65.2 Å². The van der Waals surface area contributed by atoms with Crippen molar-refractivity contribution < 1.29 is 19.1 Å². The molecule has 0 N–H and O–H groups in total. The van der Waals surface area contributed by atoms with Crippen LogP contribution in [-0.2, 0) is 19.1 Å². The highest BCUT2D eigenvalue weighted by atomic mass is 79.9. The summed E-state index contributed by atoms with van der Waals surface area (Å²) in [6.45, 7) is 2.83. The molecule has 148 valence electrons. The van der Waals surface area contributed by atoms with Crippen molar-refractivity contribution in [3.05, 3.63) is 23.2 Å². The Morgan fingerprint density at radius 3 is 1.92 bits per heavy atom. The summed E-state index contributed by atoms with van der Waals surface area (Å²) in [7, 11) is 0. The smallest absolute Gasteiger partial charge is 0.307 e. The Morgan fingerprint density at radius 1 is 0.846 bits per heavy atom. The number of hydrogen-bond donors (Lipinski definition) is 0. The average molecular weight is 429 g/mol. The van der Waals surface area contributed by atoms with Gasteiger partial charge in [0.1, 0.15) is 11.5 Å². The molecule has 0 spiro atoms. The SMILES string of the molecule is CC(=O)OC1=CC(CCCCCCCCCCCBr)=C(OC(C)=O)CC1. The van der Waals surface area contributed by atoms with Crippen molar-refractivity contribution in [1.82, 2.24) is 0 Å². The van der Waals surface area contributed by atoms with Crippen molar-refractivity contribution >= 4 is 27.9 Å². The molecule has 0 atom stereocenters. The molecule has 0 fully saturated rings. The summed E-state index contributed by atoms with van der Waals surface area (Å²) >= 11 is 3.47. The number of ether oxygens (including phenoxy) is 2. The Kier molecular flexibility index (Phi) is 12.4. The number of unbranched alkanes of at least 4 members (excludes halogenated alkanes) is 8. The van der Waals surface area contributed by atoms with E-state index in [-0.39, 0.29) is 11.9 Å². The van der Waals surface area contributed by atoms with Gasteiger partial charge in [0.15, 0.2) is 0 Å². The van der Waals surface area contributed by atoms with Crippen LogP contribution in [0.4, 0.5) is 0 Å². The van der Waals surface area contributed by atoms with Crippen LogP contribution in [0.3, 0.4) is 0 Å². The highest BCUT2D eigenvalue weighted by Gasteiger charge is 2.18. The van der Waals surface area contributed by atoms with E-state index in [1.54, 1.807) is 0 Å². The predicted molar refractivity (Wildman–Crippen MR) is 108 cm³/mol. The summed E-state index contributed by atoms with van der Waals surface area (Å²) in [4.78, 5) is 22.4. The van der Waals surface area contributed by atoms with E-state index >= 15 is 0 Å². The van der Waals surface area contributed by atoms with E-state index < -0.39 is 0 Å². The lowest BCUT2D eigenvalue weighted by molar-refractivity contribution is -0.139. The predicted octanol–water partition coefficient (Wildman–Crippen LogP) is 6.34. The van der Waals surface area contributed by atoms with Gasteiger partial charge in [-0.05, 0) is 30.9 Å². The third-order valence-corrected chi connectivity index (χ3v) is 4.97. The number of esters is 2. The normalized spacial score (nSPS) is 14.2. The fourth-order valence-electron chi connectivity index (χ4n) is 3.16. The van der Waals surface area contributed by atoms with Gasteiger partial charge in [-0.25, -0.2) is 0 Å². The maximum atomic E-state index is 11.3. The summed E-state index contributed by atoms with van der Waals surface area (Å²) < 4.78 is 10.6. The molecule has 0 aromatic heterocycles. The number of allylic oxidation sites excluding steroid dienone is 4. The first-order chi connectivity index (χ1) is 12.5. The minimum atomic E-state index is -0.303. The molecule has 5 heteroatoms. The standard InChI is InChI=1S/C21H33BrO4/c1-17(23)25-20-13-14-21(26-18(2)24)19(16-20)12-10-8-6-4-3-5-7-9-11-15-22/h16H,3-15H2,1-2H3. The largest absolute Gasteiger partial charge is 0.431 e.